The van der Waals surface area contributed by atoms with E-state index < -0.39 is 10.0 Å². The Hall–Kier alpha value is -0.870. The minimum Gasteiger partial charge on any atom is -0.212 e. The number of aryl methyl sites for hydroxylation is 1. The fourth-order valence-corrected chi connectivity index (χ4v) is 4.88. The summed E-state index contributed by atoms with van der Waals surface area (Å²) in [6.45, 7) is 6.85. The Bertz CT molecular complexity index is 537. The average molecular weight is 281 g/mol. The van der Waals surface area contributed by atoms with E-state index in [9.17, 15) is 8.42 Å². The van der Waals surface area contributed by atoms with E-state index in [-0.39, 0.29) is 11.8 Å². The third-order valence-corrected chi connectivity index (χ3v) is 5.82. The van der Waals surface area contributed by atoms with Crippen LogP contribution >= 0.6 is 0 Å². The summed E-state index contributed by atoms with van der Waals surface area (Å²) in [4.78, 5) is 0. The molecule has 2 rings (SSSR count). The van der Waals surface area contributed by atoms with Crippen molar-refractivity contribution >= 4 is 10.0 Å². The van der Waals surface area contributed by atoms with Gasteiger partial charge in [-0.25, -0.2) is 8.42 Å². The van der Waals surface area contributed by atoms with Crippen molar-refractivity contribution in [3.8, 4) is 0 Å². The standard InChI is InChI=1S/C15H23NO2S/c1-12(2)15-9-6-10-16(15)19(17,18)11-14-8-5-4-7-13(14)3/h4-5,7-8,12,15H,6,9-11H2,1-3H3. The zero-order valence-electron chi connectivity index (χ0n) is 12.0. The molecule has 0 amide bonds. The average Bonchev–Trinajstić information content (AvgIpc) is 2.82. The zero-order valence-corrected chi connectivity index (χ0v) is 12.8. The van der Waals surface area contributed by atoms with Gasteiger partial charge in [0.05, 0.1) is 5.75 Å². The Labute approximate surface area is 116 Å². The summed E-state index contributed by atoms with van der Waals surface area (Å²) in [6, 6.07) is 7.90. The molecule has 0 aliphatic carbocycles. The van der Waals surface area contributed by atoms with Crippen LogP contribution in [0.2, 0.25) is 0 Å². The highest BCUT2D eigenvalue weighted by Crippen LogP contribution is 2.28. The van der Waals surface area contributed by atoms with Crippen molar-refractivity contribution in [3.63, 3.8) is 0 Å². The largest absolute Gasteiger partial charge is 0.218 e. The number of sulfonamides is 1. The number of hydrogen-bond acceptors (Lipinski definition) is 2. The molecule has 1 aliphatic rings. The number of benzene rings is 1. The summed E-state index contributed by atoms with van der Waals surface area (Å²) in [5, 5.41) is 0. The van der Waals surface area contributed by atoms with Crippen molar-refractivity contribution in [2.45, 2.75) is 45.4 Å². The fraction of sp³-hybridized carbons (Fsp3) is 0.600. The van der Waals surface area contributed by atoms with Crippen LogP contribution in [0.4, 0.5) is 0 Å². The monoisotopic (exact) mass is 281 g/mol. The van der Waals surface area contributed by atoms with Crippen molar-refractivity contribution < 1.29 is 8.42 Å². The van der Waals surface area contributed by atoms with Gasteiger partial charge in [0, 0.05) is 12.6 Å². The first-order chi connectivity index (χ1) is 8.92. The third-order valence-electron chi connectivity index (χ3n) is 3.97. The SMILES string of the molecule is Cc1ccccc1CS(=O)(=O)N1CCCC1C(C)C. The van der Waals surface area contributed by atoms with Gasteiger partial charge >= 0.3 is 0 Å². The van der Waals surface area contributed by atoms with Gasteiger partial charge in [0.15, 0.2) is 0 Å². The summed E-state index contributed by atoms with van der Waals surface area (Å²) in [5.41, 5.74) is 1.96. The van der Waals surface area contributed by atoms with Crippen molar-refractivity contribution in [2.75, 3.05) is 6.54 Å². The minimum absolute atomic E-state index is 0.128. The predicted octanol–water partition coefficient (Wildman–Crippen LogP) is 2.95. The van der Waals surface area contributed by atoms with Crippen molar-refractivity contribution in [3.05, 3.63) is 35.4 Å². The maximum absolute atomic E-state index is 12.6. The molecule has 0 N–H and O–H groups in total. The molecule has 1 aliphatic heterocycles. The normalized spacial score (nSPS) is 21.2. The molecule has 0 spiro atoms. The van der Waals surface area contributed by atoms with E-state index in [4.69, 9.17) is 0 Å². The highest BCUT2D eigenvalue weighted by atomic mass is 32.2. The molecule has 0 radical (unpaired) electrons. The lowest BCUT2D eigenvalue weighted by molar-refractivity contribution is 0.315. The van der Waals surface area contributed by atoms with Gasteiger partial charge in [-0.2, -0.15) is 4.31 Å². The highest BCUT2D eigenvalue weighted by Gasteiger charge is 2.35. The maximum Gasteiger partial charge on any atom is 0.218 e. The topological polar surface area (TPSA) is 37.4 Å². The predicted molar refractivity (Wildman–Crippen MR) is 78.4 cm³/mol. The van der Waals surface area contributed by atoms with Crippen LogP contribution < -0.4 is 0 Å². The second-order valence-corrected chi connectivity index (χ2v) is 7.67. The van der Waals surface area contributed by atoms with Gasteiger partial charge in [0.2, 0.25) is 10.0 Å². The summed E-state index contributed by atoms with van der Waals surface area (Å²) >= 11 is 0. The lowest BCUT2D eigenvalue weighted by Crippen LogP contribution is -2.39. The lowest BCUT2D eigenvalue weighted by atomic mass is 10.0. The molecule has 1 heterocycles. The zero-order chi connectivity index (χ0) is 14.0. The molecule has 1 unspecified atom stereocenters. The van der Waals surface area contributed by atoms with Crippen LogP contribution in [-0.4, -0.2) is 25.3 Å². The van der Waals surface area contributed by atoms with Gasteiger partial charge in [-0.05, 0) is 36.8 Å². The Kier molecular flexibility index (Phi) is 4.31. The Morgan fingerprint density at radius 1 is 1.32 bits per heavy atom. The van der Waals surface area contributed by atoms with E-state index in [0.717, 1.165) is 24.0 Å². The van der Waals surface area contributed by atoms with Gasteiger partial charge in [0.25, 0.3) is 0 Å². The van der Waals surface area contributed by atoms with Crippen molar-refractivity contribution in [1.29, 1.82) is 0 Å². The fourth-order valence-electron chi connectivity index (χ4n) is 2.83. The first-order valence-electron chi connectivity index (χ1n) is 6.96. The lowest BCUT2D eigenvalue weighted by Gasteiger charge is -2.27. The molecule has 1 atom stereocenters. The molecule has 0 aromatic heterocycles. The van der Waals surface area contributed by atoms with E-state index in [1.807, 2.05) is 31.2 Å². The van der Waals surface area contributed by atoms with Gasteiger partial charge in [0.1, 0.15) is 0 Å². The van der Waals surface area contributed by atoms with Crippen LogP contribution in [0.3, 0.4) is 0 Å². The van der Waals surface area contributed by atoms with Gasteiger partial charge in [-0.3, -0.25) is 0 Å². The summed E-state index contributed by atoms with van der Waals surface area (Å²) < 4.78 is 26.9. The Balaban J connectivity index is 2.21. The molecule has 4 heteroatoms. The maximum atomic E-state index is 12.6. The van der Waals surface area contributed by atoms with E-state index in [1.165, 1.54) is 0 Å². The molecule has 0 bridgehead atoms. The number of nitrogens with zero attached hydrogens (tertiary/aromatic N) is 1. The Morgan fingerprint density at radius 3 is 2.63 bits per heavy atom. The Morgan fingerprint density at radius 2 is 2.00 bits per heavy atom. The second kappa shape index (κ2) is 5.63. The highest BCUT2D eigenvalue weighted by molar-refractivity contribution is 7.88. The summed E-state index contributed by atoms with van der Waals surface area (Å²) in [6.07, 6.45) is 1.97. The first kappa shape index (κ1) is 14.5. The van der Waals surface area contributed by atoms with Gasteiger partial charge in [-0.15, -0.1) is 0 Å². The van der Waals surface area contributed by atoms with Crippen LogP contribution in [-0.2, 0) is 15.8 Å². The molecule has 106 valence electrons. The number of rotatable bonds is 4. The quantitative estimate of drug-likeness (QED) is 0.851. The van der Waals surface area contributed by atoms with E-state index >= 15 is 0 Å². The van der Waals surface area contributed by atoms with Crippen LogP contribution in [0.25, 0.3) is 0 Å². The molecule has 1 fully saturated rings. The number of hydrogen-bond donors (Lipinski definition) is 0. The van der Waals surface area contributed by atoms with Crippen LogP contribution in [0.1, 0.15) is 37.8 Å². The van der Waals surface area contributed by atoms with Crippen molar-refractivity contribution in [1.82, 2.24) is 4.31 Å². The minimum atomic E-state index is -3.20. The summed E-state index contributed by atoms with van der Waals surface area (Å²) in [7, 11) is -3.20. The molecule has 1 saturated heterocycles. The molecular weight excluding hydrogens is 258 g/mol. The molecule has 0 saturated carbocycles. The van der Waals surface area contributed by atoms with Crippen molar-refractivity contribution in [2.24, 2.45) is 5.92 Å². The second-order valence-electron chi connectivity index (χ2n) is 5.75. The van der Waals surface area contributed by atoms with Crippen LogP contribution in [0, 0.1) is 12.8 Å². The molecule has 1 aromatic carbocycles. The van der Waals surface area contributed by atoms with Crippen LogP contribution in [0.15, 0.2) is 24.3 Å². The van der Waals surface area contributed by atoms with E-state index in [0.29, 0.717) is 12.5 Å². The molecule has 19 heavy (non-hydrogen) atoms. The van der Waals surface area contributed by atoms with Gasteiger partial charge < -0.3 is 0 Å². The molecule has 3 nitrogen and oxygen atoms in total. The smallest absolute Gasteiger partial charge is 0.212 e. The summed E-state index contributed by atoms with van der Waals surface area (Å²) in [5.74, 6) is 0.511. The van der Waals surface area contributed by atoms with E-state index in [1.54, 1.807) is 4.31 Å². The van der Waals surface area contributed by atoms with Gasteiger partial charge in [-0.1, -0.05) is 38.1 Å². The van der Waals surface area contributed by atoms with Crippen LogP contribution in [0.5, 0.6) is 0 Å². The first-order valence-corrected chi connectivity index (χ1v) is 8.57. The van der Waals surface area contributed by atoms with E-state index in [2.05, 4.69) is 13.8 Å². The molecular formula is C15H23NO2S. The third kappa shape index (κ3) is 3.18. The molecule has 1 aromatic rings.